The monoisotopic (exact) mass is 374 g/mol. The second kappa shape index (κ2) is 8.86. The van der Waals surface area contributed by atoms with Crippen LogP contribution in [0.1, 0.15) is 27.6 Å². The molecule has 3 aromatic carbocycles. The normalized spacial score (nSPS) is 10.2. The largest absolute Gasteiger partial charge is 0.494 e. The number of hydrogen-bond acceptors (Lipinski definition) is 3. The lowest BCUT2D eigenvalue weighted by Gasteiger charge is -2.17. The summed E-state index contributed by atoms with van der Waals surface area (Å²) in [7, 11) is 1.73. The van der Waals surface area contributed by atoms with Crippen LogP contribution in [0.2, 0.25) is 0 Å². The molecule has 0 unspecified atom stereocenters. The van der Waals surface area contributed by atoms with Gasteiger partial charge in [0.2, 0.25) is 0 Å². The summed E-state index contributed by atoms with van der Waals surface area (Å²) in [4.78, 5) is 26.8. The van der Waals surface area contributed by atoms with Crippen molar-refractivity contribution in [3.8, 4) is 5.75 Å². The molecule has 1 N–H and O–H groups in total. The summed E-state index contributed by atoms with van der Waals surface area (Å²) in [6, 6.07) is 23.2. The van der Waals surface area contributed by atoms with Crippen LogP contribution >= 0.6 is 0 Å². The fourth-order valence-electron chi connectivity index (χ4n) is 2.76. The van der Waals surface area contributed by atoms with Crippen LogP contribution < -0.4 is 15.0 Å². The number of ether oxygens (including phenoxy) is 1. The molecule has 0 radical (unpaired) electrons. The highest BCUT2D eigenvalue weighted by Crippen LogP contribution is 2.19. The molecule has 5 nitrogen and oxygen atoms in total. The predicted molar refractivity (Wildman–Crippen MR) is 111 cm³/mol. The van der Waals surface area contributed by atoms with Gasteiger partial charge in [-0.15, -0.1) is 0 Å². The van der Waals surface area contributed by atoms with Crippen molar-refractivity contribution in [2.24, 2.45) is 0 Å². The van der Waals surface area contributed by atoms with Crippen molar-refractivity contribution in [1.29, 1.82) is 0 Å². The average Bonchev–Trinajstić information content (AvgIpc) is 2.74. The molecule has 0 bridgehead atoms. The molecular formula is C23H22N2O3. The third kappa shape index (κ3) is 4.57. The van der Waals surface area contributed by atoms with Crippen LogP contribution in [0.5, 0.6) is 5.75 Å². The van der Waals surface area contributed by atoms with Crippen molar-refractivity contribution in [3.63, 3.8) is 0 Å². The summed E-state index contributed by atoms with van der Waals surface area (Å²) in [5.41, 5.74) is 2.37. The number of carbonyl (C=O) groups excluding carboxylic acids is 2. The third-order valence-corrected chi connectivity index (χ3v) is 4.24. The Morgan fingerprint density at radius 2 is 1.61 bits per heavy atom. The molecule has 0 saturated carbocycles. The van der Waals surface area contributed by atoms with Gasteiger partial charge in [0.1, 0.15) is 5.75 Å². The number of rotatable bonds is 6. The molecule has 3 aromatic rings. The summed E-state index contributed by atoms with van der Waals surface area (Å²) in [5, 5.41) is 2.83. The zero-order valence-corrected chi connectivity index (χ0v) is 15.9. The van der Waals surface area contributed by atoms with Crippen LogP contribution in [-0.4, -0.2) is 25.5 Å². The van der Waals surface area contributed by atoms with Crippen molar-refractivity contribution in [2.45, 2.75) is 6.92 Å². The fraction of sp³-hybridized carbons (Fsp3) is 0.130. The van der Waals surface area contributed by atoms with Gasteiger partial charge >= 0.3 is 0 Å². The second-order valence-corrected chi connectivity index (χ2v) is 6.19. The number of anilines is 2. The van der Waals surface area contributed by atoms with E-state index in [4.69, 9.17) is 4.74 Å². The summed E-state index contributed by atoms with van der Waals surface area (Å²) < 4.78 is 5.39. The number of nitrogens with zero attached hydrogens (tertiary/aromatic N) is 1. The van der Waals surface area contributed by atoms with Crippen molar-refractivity contribution in [2.75, 3.05) is 23.9 Å². The molecular weight excluding hydrogens is 352 g/mol. The van der Waals surface area contributed by atoms with E-state index in [1.807, 2.05) is 37.3 Å². The summed E-state index contributed by atoms with van der Waals surface area (Å²) in [6.45, 7) is 2.48. The Labute approximate surface area is 164 Å². The van der Waals surface area contributed by atoms with E-state index in [1.165, 1.54) is 0 Å². The lowest BCUT2D eigenvalue weighted by Crippen LogP contribution is -2.26. The average molecular weight is 374 g/mol. The molecule has 0 fully saturated rings. The highest BCUT2D eigenvalue weighted by molar-refractivity contribution is 6.08. The number of hydrogen-bond donors (Lipinski definition) is 1. The fourth-order valence-corrected chi connectivity index (χ4v) is 2.76. The summed E-state index contributed by atoms with van der Waals surface area (Å²) in [5.74, 6) is 0.322. The number of amides is 2. The maximum absolute atomic E-state index is 12.8. The van der Waals surface area contributed by atoms with E-state index < -0.39 is 0 Å². The Morgan fingerprint density at radius 3 is 2.29 bits per heavy atom. The van der Waals surface area contributed by atoms with Crippen LogP contribution in [0.3, 0.4) is 0 Å². The Morgan fingerprint density at radius 1 is 0.893 bits per heavy atom. The van der Waals surface area contributed by atoms with Gasteiger partial charge in [-0.25, -0.2) is 0 Å². The van der Waals surface area contributed by atoms with Crippen molar-refractivity contribution in [1.82, 2.24) is 0 Å². The number of benzene rings is 3. The smallest absolute Gasteiger partial charge is 0.258 e. The van der Waals surface area contributed by atoms with Gasteiger partial charge in [-0.3, -0.25) is 9.59 Å². The highest BCUT2D eigenvalue weighted by atomic mass is 16.5. The Bertz CT molecular complexity index is 953. The molecule has 2 amide bonds. The van der Waals surface area contributed by atoms with Crippen molar-refractivity contribution < 1.29 is 14.3 Å². The molecule has 0 atom stereocenters. The maximum Gasteiger partial charge on any atom is 0.258 e. The quantitative estimate of drug-likeness (QED) is 0.685. The molecule has 0 aliphatic heterocycles. The molecule has 0 spiro atoms. The van der Waals surface area contributed by atoms with Gasteiger partial charge in [-0.1, -0.05) is 24.3 Å². The molecule has 3 rings (SSSR count). The van der Waals surface area contributed by atoms with Gasteiger partial charge in [0.25, 0.3) is 11.8 Å². The highest BCUT2D eigenvalue weighted by Gasteiger charge is 2.14. The predicted octanol–water partition coefficient (Wildman–Crippen LogP) is 4.61. The zero-order valence-electron chi connectivity index (χ0n) is 15.9. The zero-order chi connectivity index (χ0) is 19.9. The SMILES string of the molecule is CCOc1ccc(C(=O)Nc2cccc(C(=O)N(C)c3ccccc3)c2)cc1. The Hall–Kier alpha value is -3.60. The first-order valence-electron chi connectivity index (χ1n) is 9.06. The van der Waals surface area contributed by atoms with E-state index in [-0.39, 0.29) is 11.8 Å². The molecule has 142 valence electrons. The van der Waals surface area contributed by atoms with Crippen molar-refractivity contribution in [3.05, 3.63) is 90.0 Å². The van der Waals surface area contributed by atoms with Crippen LogP contribution in [0, 0.1) is 0 Å². The van der Waals surface area contributed by atoms with Crippen LogP contribution in [0.25, 0.3) is 0 Å². The number of para-hydroxylation sites is 1. The van der Waals surface area contributed by atoms with E-state index in [2.05, 4.69) is 5.32 Å². The standard InChI is InChI=1S/C23H22N2O3/c1-3-28-21-14-12-17(13-15-21)22(26)24-19-9-7-8-18(16-19)23(27)25(2)20-10-5-4-6-11-20/h4-16H,3H2,1-2H3,(H,24,26). The molecule has 0 aliphatic rings. The van der Waals surface area contributed by atoms with E-state index >= 15 is 0 Å². The van der Waals surface area contributed by atoms with E-state index in [0.29, 0.717) is 23.4 Å². The Kier molecular flexibility index (Phi) is 6.07. The lowest BCUT2D eigenvalue weighted by atomic mass is 10.1. The molecule has 5 heteroatoms. The van der Waals surface area contributed by atoms with Gasteiger partial charge < -0.3 is 15.0 Å². The van der Waals surface area contributed by atoms with Crippen molar-refractivity contribution >= 4 is 23.2 Å². The minimum atomic E-state index is -0.246. The lowest BCUT2D eigenvalue weighted by molar-refractivity contribution is 0.0990. The first kappa shape index (κ1) is 19.2. The molecule has 0 heterocycles. The first-order valence-corrected chi connectivity index (χ1v) is 9.06. The minimum Gasteiger partial charge on any atom is -0.494 e. The molecule has 28 heavy (non-hydrogen) atoms. The van der Waals surface area contributed by atoms with E-state index in [0.717, 1.165) is 11.4 Å². The molecule has 0 aliphatic carbocycles. The number of carbonyl (C=O) groups is 2. The first-order chi connectivity index (χ1) is 13.6. The third-order valence-electron chi connectivity index (χ3n) is 4.24. The van der Waals surface area contributed by atoms with Crippen LogP contribution in [0.15, 0.2) is 78.9 Å². The summed E-state index contributed by atoms with van der Waals surface area (Å²) in [6.07, 6.45) is 0. The Balaban J connectivity index is 1.72. The van der Waals surface area contributed by atoms with Gasteiger partial charge in [0.05, 0.1) is 6.61 Å². The maximum atomic E-state index is 12.8. The molecule has 0 aromatic heterocycles. The van der Waals surface area contributed by atoms with Gasteiger partial charge in [-0.05, 0) is 61.5 Å². The molecule has 0 saturated heterocycles. The van der Waals surface area contributed by atoms with Gasteiger partial charge in [-0.2, -0.15) is 0 Å². The van der Waals surface area contributed by atoms with Crippen LogP contribution in [0.4, 0.5) is 11.4 Å². The van der Waals surface area contributed by atoms with E-state index in [1.54, 1.807) is 60.5 Å². The topological polar surface area (TPSA) is 58.6 Å². The second-order valence-electron chi connectivity index (χ2n) is 6.19. The van der Waals surface area contributed by atoms with Gasteiger partial charge in [0, 0.05) is 29.5 Å². The summed E-state index contributed by atoms with van der Waals surface area (Å²) >= 11 is 0. The number of nitrogens with one attached hydrogen (secondary N) is 1. The van der Waals surface area contributed by atoms with E-state index in [9.17, 15) is 9.59 Å². The van der Waals surface area contributed by atoms with Crippen LogP contribution in [-0.2, 0) is 0 Å². The van der Waals surface area contributed by atoms with Gasteiger partial charge in [0.15, 0.2) is 0 Å². The minimum absolute atomic E-state index is 0.150.